The van der Waals surface area contributed by atoms with Gasteiger partial charge in [-0.05, 0) is 32.1 Å². The summed E-state index contributed by atoms with van der Waals surface area (Å²) in [6.07, 6.45) is 1.51. The summed E-state index contributed by atoms with van der Waals surface area (Å²) in [5.74, 6) is -1.82. The van der Waals surface area contributed by atoms with Gasteiger partial charge < -0.3 is 9.57 Å². The molecular formula is C15H25N4O5+. The normalized spacial score (nSPS) is 15.4. The van der Waals surface area contributed by atoms with Crippen molar-refractivity contribution in [3.05, 3.63) is 0 Å². The summed E-state index contributed by atoms with van der Waals surface area (Å²) in [7, 11) is 0. The highest BCUT2D eigenvalue weighted by Gasteiger charge is 2.38. The van der Waals surface area contributed by atoms with Crippen molar-refractivity contribution in [3.8, 4) is 0 Å². The Labute approximate surface area is 140 Å². The number of carbonyl (C=O) groups is 3. The van der Waals surface area contributed by atoms with Gasteiger partial charge in [0.25, 0.3) is 11.8 Å². The van der Waals surface area contributed by atoms with Crippen LogP contribution in [0.15, 0.2) is 5.11 Å². The molecule has 1 saturated heterocycles. The van der Waals surface area contributed by atoms with E-state index < -0.39 is 23.4 Å². The van der Waals surface area contributed by atoms with Gasteiger partial charge in [0.15, 0.2) is 5.60 Å². The average Bonchev–Trinajstić information content (AvgIpc) is 2.78. The Morgan fingerprint density at radius 2 is 1.79 bits per heavy atom. The number of ether oxygens (including phenoxy) is 1. The van der Waals surface area contributed by atoms with Crippen molar-refractivity contribution in [2.75, 3.05) is 13.2 Å². The summed E-state index contributed by atoms with van der Waals surface area (Å²) in [6.45, 7) is 7.88. The number of rotatable bonds is 9. The maximum Gasteiger partial charge on any atom is 0.364 e. The molecule has 1 heterocycles. The smallest absolute Gasteiger partial charge is 0.364 e. The molecule has 0 saturated carbocycles. The largest absolute Gasteiger partial charge is 0.364 e. The van der Waals surface area contributed by atoms with Crippen LogP contribution < -0.4 is 4.91 Å². The zero-order valence-electron chi connectivity index (χ0n) is 14.6. The highest BCUT2D eigenvalue weighted by atomic mass is 16.7. The van der Waals surface area contributed by atoms with Gasteiger partial charge in [0, 0.05) is 19.4 Å². The molecule has 0 unspecified atom stereocenters. The van der Waals surface area contributed by atoms with Crippen LogP contribution in [-0.2, 0) is 24.0 Å². The Morgan fingerprint density at radius 1 is 1.21 bits per heavy atom. The summed E-state index contributed by atoms with van der Waals surface area (Å²) in [6, 6.07) is 0. The van der Waals surface area contributed by atoms with E-state index in [1.165, 1.54) is 13.8 Å². The van der Waals surface area contributed by atoms with Crippen LogP contribution in [0.25, 0.3) is 0 Å². The fraction of sp³-hybridized carbons (Fsp3) is 0.800. The molecule has 134 valence electrons. The van der Waals surface area contributed by atoms with Crippen molar-refractivity contribution < 1.29 is 24.0 Å². The number of hydrogen-bond acceptors (Lipinski definition) is 7. The van der Waals surface area contributed by atoms with Crippen LogP contribution >= 0.6 is 0 Å². The SMILES string of the molecule is CC(C)(CCN=[N+]=N)CCOC(C)(C)C(=O)ON1C(=O)CCC1=O. The van der Waals surface area contributed by atoms with E-state index in [1.807, 2.05) is 13.8 Å². The number of hydroxylamine groups is 2. The predicted octanol–water partition coefficient (Wildman–Crippen LogP) is 1.75. The minimum absolute atomic E-state index is 0.0528. The lowest BCUT2D eigenvalue weighted by Gasteiger charge is -2.28. The number of nitrogens with zero attached hydrogens (tertiary/aromatic N) is 3. The Morgan fingerprint density at radius 3 is 2.33 bits per heavy atom. The fourth-order valence-corrected chi connectivity index (χ4v) is 2.02. The van der Waals surface area contributed by atoms with Crippen molar-refractivity contribution >= 4 is 17.8 Å². The molecule has 0 radical (unpaired) electrons. The van der Waals surface area contributed by atoms with Crippen LogP contribution in [0, 0.1) is 10.9 Å². The number of nitrogens with one attached hydrogen (secondary N) is 1. The Kier molecular flexibility index (Phi) is 6.74. The second-order valence-electron chi connectivity index (χ2n) is 6.95. The first-order valence-electron chi connectivity index (χ1n) is 7.84. The Hall–Kier alpha value is -2.12. The molecule has 1 aliphatic rings. The molecule has 24 heavy (non-hydrogen) atoms. The summed E-state index contributed by atoms with van der Waals surface area (Å²) in [5.41, 5.74) is 5.26. The zero-order valence-corrected chi connectivity index (χ0v) is 14.6. The molecule has 1 fully saturated rings. The third-order valence-electron chi connectivity index (χ3n) is 3.87. The van der Waals surface area contributed by atoms with Crippen LogP contribution in [0.4, 0.5) is 0 Å². The molecule has 0 aromatic heterocycles. The van der Waals surface area contributed by atoms with E-state index in [9.17, 15) is 14.4 Å². The molecule has 9 heteroatoms. The first kappa shape index (κ1) is 19.9. The van der Waals surface area contributed by atoms with E-state index in [0.717, 1.165) is 6.42 Å². The third-order valence-corrected chi connectivity index (χ3v) is 3.87. The molecule has 9 nitrogen and oxygen atoms in total. The number of imide groups is 1. The summed E-state index contributed by atoms with van der Waals surface area (Å²) < 4.78 is 5.60. The third kappa shape index (κ3) is 5.82. The molecule has 0 spiro atoms. The molecular weight excluding hydrogens is 316 g/mol. The van der Waals surface area contributed by atoms with Crippen LogP contribution in [0.1, 0.15) is 53.4 Å². The monoisotopic (exact) mass is 341 g/mol. The van der Waals surface area contributed by atoms with E-state index in [2.05, 4.69) is 10.0 Å². The van der Waals surface area contributed by atoms with Crippen LogP contribution in [0.2, 0.25) is 0 Å². The number of carbonyl (C=O) groups excluding carboxylic acids is 3. The first-order chi connectivity index (χ1) is 11.1. The molecule has 1 aliphatic heterocycles. The average molecular weight is 341 g/mol. The number of hydrogen-bond donors (Lipinski definition) is 1. The Bertz CT molecular complexity index is 536. The summed E-state index contributed by atoms with van der Waals surface area (Å²) in [5, 5.41) is 4.14. The van der Waals surface area contributed by atoms with E-state index >= 15 is 0 Å². The molecule has 0 atom stereocenters. The van der Waals surface area contributed by atoms with Crippen LogP contribution in [-0.4, -0.2) is 41.6 Å². The molecule has 0 bridgehead atoms. The van der Waals surface area contributed by atoms with Crippen molar-refractivity contribution in [2.24, 2.45) is 10.5 Å². The van der Waals surface area contributed by atoms with Gasteiger partial charge in [-0.1, -0.05) is 13.8 Å². The highest BCUT2D eigenvalue weighted by molar-refractivity contribution is 6.01. The van der Waals surface area contributed by atoms with Crippen LogP contribution in [0.3, 0.4) is 0 Å². The molecule has 0 aromatic carbocycles. The van der Waals surface area contributed by atoms with Crippen molar-refractivity contribution in [1.29, 1.82) is 5.53 Å². The Balaban J connectivity index is 2.47. The standard InChI is InChI=1S/C15H25N4O5/c1-14(2,7-9-17-18-16)8-10-23-15(3,4)13(22)24-19-11(20)5-6-12(19)21/h16H,5-10H2,1-4H3/q+1. The lowest BCUT2D eigenvalue weighted by molar-refractivity contribution is -0.212. The van der Waals surface area contributed by atoms with Crippen molar-refractivity contribution in [2.45, 2.75) is 59.0 Å². The minimum atomic E-state index is -1.28. The topological polar surface area (TPSA) is 123 Å². The fourth-order valence-electron chi connectivity index (χ4n) is 2.02. The lowest BCUT2D eigenvalue weighted by atomic mass is 9.86. The van der Waals surface area contributed by atoms with Crippen molar-refractivity contribution in [3.63, 3.8) is 0 Å². The lowest BCUT2D eigenvalue weighted by Crippen LogP contribution is -2.43. The van der Waals surface area contributed by atoms with Gasteiger partial charge in [0.1, 0.15) is 17.2 Å². The highest BCUT2D eigenvalue weighted by Crippen LogP contribution is 2.26. The van der Waals surface area contributed by atoms with Gasteiger partial charge in [-0.3, -0.25) is 9.59 Å². The zero-order chi connectivity index (χ0) is 18.4. The molecule has 0 aromatic rings. The maximum absolute atomic E-state index is 12.1. The van der Waals surface area contributed by atoms with Gasteiger partial charge in [-0.15, -0.1) is 5.06 Å². The summed E-state index contributed by atoms with van der Waals surface area (Å²) >= 11 is 0. The van der Waals surface area contributed by atoms with E-state index in [0.29, 0.717) is 24.6 Å². The second-order valence-corrected chi connectivity index (χ2v) is 6.95. The maximum atomic E-state index is 12.1. The van der Waals surface area contributed by atoms with Gasteiger partial charge in [0.05, 0.1) is 0 Å². The summed E-state index contributed by atoms with van der Waals surface area (Å²) in [4.78, 5) is 42.9. The molecule has 2 amide bonds. The second kappa shape index (κ2) is 8.12. The molecule has 0 aliphatic carbocycles. The minimum Gasteiger partial charge on any atom is -0.364 e. The first-order valence-corrected chi connectivity index (χ1v) is 7.84. The van der Waals surface area contributed by atoms with E-state index in [4.69, 9.17) is 15.1 Å². The van der Waals surface area contributed by atoms with Gasteiger partial charge in [-0.2, -0.15) is 0 Å². The van der Waals surface area contributed by atoms with Gasteiger partial charge >= 0.3 is 5.97 Å². The van der Waals surface area contributed by atoms with E-state index in [1.54, 1.807) is 0 Å². The van der Waals surface area contributed by atoms with Crippen molar-refractivity contribution in [1.82, 2.24) is 9.97 Å². The number of amides is 2. The molecule has 1 rings (SSSR count). The van der Waals surface area contributed by atoms with Crippen LogP contribution in [0.5, 0.6) is 0 Å². The van der Waals surface area contributed by atoms with Gasteiger partial charge in [0.2, 0.25) is 4.91 Å². The van der Waals surface area contributed by atoms with Gasteiger partial charge in [-0.25, -0.2) is 4.79 Å². The quantitative estimate of drug-likeness (QED) is 0.389. The van der Waals surface area contributed by atoms with E-state index in [-0.39, 0.29) is 18.3 Å². The predicted molar refractivity (Wildman–Crippen MR) is 82.4 cm³/mol. The molecule has 1 N–H and O–H groups in total.